The topological polar surface area (TPSA) is 26.0 Å². The van der Waals surface area contributed by atoms with Gasteiger partial charge in [-0.25, -0.2) is 0 Å². The van der Waals surface area contributed by atoms with Crippen LogP contribution in [0.5, 0.6) is 0 Å². The summed E-state index contributed by atoms with van der Waals surface area (Å²) in [4.78, 5) is 0. The van der Waals surface area contributed by atoms with E-state index in [1.807, 2.05) is 6.92 Å². The van der Waals surface area contributed by atoms with Crippen molar-refractivity contribution in [2.24, 2.45) is 11.7 Å². The number of rotatable bonds is 4. The van der Waals surface area contributed by atoms with Crippen LogP contribution < -0.4 is 5.73 Å². The minimum atomic E-state index is -4.03. The van der Waals surface area contributed by atoms with Crippen LogP contribution in [-0.4, -0.2) is 12.7 Å². The first kappa shape index (κ1) is 10.8. The number of hydrogen-bond acceptors (Lipinski definition) is 1. The molecule has 0 saturated carbocycles. The molecule has 1 nitrogen and oxygen atoms in total. The summed E-state index contributed by atoms with van der Waals surface area (Å²) < 4.78 is 34.9. The lowest BCUT2D eigenvalue weighted by atomic mass is 10.0. The molecular weight excluding hydrogens is 155 g/mol. The molecule has 0 aromatic carbocycles. The highest BCUT2D eigenvalue weighted by Crippen LogP contribution is 2.24. The summed E-state index contributed by atoms with van der Waals surface area (Å²) in [6.07, 6.45) is -3.84. The molecule has 0 aliphatic rings. The lowest BCUT2D eigenvalue weighted by Gasteiger charge is -2.12. The van der Waals surface area contributed by atoms with Gasteiger partial charge < -0.3 is 5.73 Å². The van der Waals surface area contributed by atoms with Gasteiger partial charge in [-0.3, -0.25) is 0 Å². The lowest BCUT2D eigenvalue weighted by molar-refractivity contribution is -0.137. The van der Waals surface area contributed by atoms with Crippen LogP contribution in [0.25, 0.3) is 0 Å². The quantitative estimate of drug-likeness (QED) is 0.686. The Kier molecular flexibility index (Phi) is 4.49. The summed E-state index contributed by atoms with van der Waals surface area (Å²) in [6.45, 7) is 2.21. The summed E-state index contributed by atoms with van der Waals surface area (Å²) in [5, 5.41) is 0. The molecule has 0 radical (unpaired) electrons. The molecule has 11 heavy (non-hydrogen) atoms. The SMILES string of the molecule is CCC(CN)CCC(F)(F)F. The molecule has 0 spiro atoms. The van der Waals surface area contributed by atoms with Crippen molar-refractivity contribution in [1.29, 1.82) is 0 Å². The van der Waals surface area contributed by atoms with Crippen LogP contribution in [-0.2, 0) is 0 Å². The standard InChI is InChI=1S/C7H14F3N/c1-2-6(5-11)3-4-7(8,9)10/h6H,2-5,11H2,1H3. The zero-order valence-corrected chi connectivity index (χ0v) is 6.62. The Morgan fingerprint density at radius 3 is 2.18 bits per heavy atom. The van der Waals surface area contributed by atoms with E-state index in [9.17, 15) is 13.2 Å². The fourth-order valence-electron chi connectivity index (χ4n) is 0.856. The van der Waals surface area contributed by atoms with E-state index in [4.69, 9.17) is 5.73 Å². The molecule has 0 bridgehead atoms. The van der Waals surface area contributed by atoms with Crippen LogP contribution in [0.3, 0.4) is 0 Å². The van der Waals surface area contributed by atoms with Crippen molar-refractivity contribution >= 4 is 0 Å². The molecule has 0 aliphatic carbocycles. The molecule has 4 heteroatoms. The van der Waals surface area contributed by atoms with Gasteiger partial charge in [0.05, 0.1) is 0 Å². The van der Waals surface area contributed by atoms with Gasteiger partial charge in [-0.1, -0.05) is 13.3 Å². The molecule has 0 heterocycles. The van der Waals surface area contributed by atoms with E-state index >= 15 is 0 Å². The molecule has 0 fully saturated rings. The molecule has 0 amide bonds. The third-order valence-corrected chi connectivity index (χ3v) is 1.75. The van der Waals surface area contributed by atoms with Gasteiger partial charge in [0, 0.05) is 6.42 Å². The van der Waals surface area contributed by atoms with Crippen LogP contribution in [0, 0.1) is 5.92 Å². The van der Waals surface area contributed by atoms with E-state index in [-0.39, 0.29) is 12.3 Å². The minimum absolute atomic E-state index is 0.0247. The van der Waals surface area contributed by atoms with E-state index in [1.54, 1.807) is 0 Å². The second kappa shape index (κ2) is 4.59. The van der Waals surface area contributed by atoms with Crippen molar-refractivity contribution in [2.45, 2.75) is 32.4 Å². The van der Waals surface area contributed by atoms with E-state index in [1.165, 1.54) is 0 Å². The van der Waals surface area contributed by atoms with Gasteiger partial charge in [-0.15, -0.1) is 0 Å². The molecular formula is C7H14F3N. The van der Waals surface area contributed by atoms with Gasteiger partial charge in [-0.2, -0.15) is 13.2 Å². The molecule has 2 N–H and O–H groups in total. The molecule has 0 rings (SSSR count). The first-order chi connectivity index (χ1) is 4.99. The molecule has 68 valence electrons. The van der Waals surface area contributed by atoms with Crippen LogP contribution in [0.4, 0.5) is 13.2 Å². The first-order valence-corrected chi connectivity index (χ1v) is 3.76. The second-order valence-electron chi connectivity index (χ2n) is 2.66. The Morgan fingerprint density at radius 2 is 1.91 bits per heavy atom. The molecule has 0 aromatic heterocycles. The maximum Gasteiger partial charge on any atom is 0.389 e. The number of hydrogen-bond donors (Lipinski definition) is 1. The summed E-state index contributed by atoms with van der Waals surface area (Å²) in [5.74, 6) is 0.0247. The maximum atomic E-state index is 11.6. The Hall–Kier alpha value is -0.250. The largest absolute Gasteiger partial charge is 0.389 e. The fourth-order valence-corrected chi connectivity index (χ4v) is 0.856. The summed E-state index contributed by atoms with van der Waals surface area (Å²) in [5.41, 5.74) is 5.25. The molecule has 0 aliphatic heterocycles. The summed E-state index contributed by atoms with van der Waals surface area (Å²) in [7, 11) is 0. The Balaban J connectivity index is 3.51. The highest BCUT2D eigenvalue weighted by atomic mass is 19.4. The molecule has 1 atom stereocenters. The van der Waals surface area contributed by atoms with Crippen molar-refractivity contribution in [3.8, 4) is 0 Å². The predicted molar refractivity (Wildman–Crippen MR) is 38.1 cm³/mol. The van der Waals surface area contributed by atoms with Crippen molar-refractivity contribution in [3.05, 3.63) is 0 Å². The number of nitrogens with two attached hydrogens (primary N) is 1. The lowest BCUT2D eigenvalue weighted by Crippen LogP contribution is -2.17. The van der Waals surface area contributed by atoms with E-state index < -0.39 is 12.6 Å². The average molecular weight is 169 g/mol. The smallest absolute Gasteiger partial charge is 0.330 e. The first-order valence-electron chi connectivity index (χ1n) is 3.76. The van der Waals surface area contributed by atoms with Gasteiger partial charge in [0.15, 0.2) is 0 Å². The van der Waals surface area contributed by atoms with Crippen LogP contribution in [0.1, 0.15) is 26.2 Å². The van der Waals surface area contributed by atoms with Crippen molar-refractivity contribution in [3.63, 3.8) is 0 Å². The van der Waals surface area contributed by atoms with E-state index in [2.05, 4.69) is 0 Å². The van der Waals surface area contributed by atoms with Crippen molar-refractivity contribution in [1.82, 2.24) is 0 Å². The highest BCUT2D eigenvalue weighted by molar-refractivity contribution is 4.60. The highest BCUT2D eigenvalue weighted by Gasteiger charge is 2.27. The Labute approximate surface area is 64.8 Å². The third kappa shape index (κ3) is 6.16. The van der Waals surface area contributed by atoms with E-state index in [0.717, 1.165) is 6.42 Å². The van der Waals surface area contributed by atoms with Gasteiger partial charge in [0.25, 0.3) is 0 Å². The van der Waals surface area contributed by atoms with E-state index in [0.29, 0.717) is 6.54 Å². The summed E-state index contributed by atoms with van der Waals surface area (Å²) >= 11 is 0. The molecule has 1 unspecified atom stereocenters. The fraction of sp³-hybridized carbons (Fsp3) is 1.00. The zero-order valence-electron chi connectivity index (χ0n) is 6.62. The van der Waals surface area contributed by atoms with Gasteiger partial charge >= 0.3 is 6.18 Å². The Morgan fingerprint density at radius 1 is 1.36 bits per heavy atom. The third-order valence-electron chi connectivity index (χ3n) is 1.75. The van der Waals surface area contributed by atoms with Crippen LogP contribution in [0.2, 0.25) is 0 Å². The minimum Gasteiger partial charge on any atom is -0.330 e. The monoisotopic (exact) mass is 169 g/mol. The van der Waals surface area contributed by atoms with Crippen LogP contribution >= 0.6 is 0 Å². The van der Waals surface area contributed by atoms with Gasteiger partial charge in [0.2, 0.25) is 0 Å². The van der Waals surface area contributed by atoms with Crippen molar-refractivity contribution < 1.29 is 13.2 Å². The summed E-state index contributed by atoms with van der Waals surface area (Å²) in [6, 6.07) is 0. The average Bonchev–Trinajstić information content (AvgIpc) is 1.88. The van der Waals surface area contributed by atoms with Gasteiger partial charge in [-0.05, 0) is 18.9 Å². The number of halogens is 3. The second-order valence-corrected chi connectivity index (χ2v) is 2.66. The maximum absolute atomic E-state index is 11.6. The molecule has 0 aromatic rings. The normalized spacial score (nSPS) is 15.0. The number of alkyl halides is 3. The van der Waals surface area contributed by atoms with Crippen molar-refractivity contribution in [2.75, 3.05) is 6.54 Å². The Bertz CT molecular complexity index is 96.3. The predicted octanol–water partition coefficient (Wildman–Crippen LogP) is 2.31. The van der Waals surface area contributed by atoms with Crippen LogP contribution in [0.15, 0.2) is 0 Å². The van der Waals surface area contributed by atoms with Gasteiger partial charge in [0.1, 0.15) is 0 Å². The zero-order chi connectivity index (χ0) is 8.91. The molecule has 0 saturated heterocycles.